The third-order valence-electron chi connectivity index (χ3n) is 5.25. The Morgan fingerprint density at radius 1 is 0.636 bits per heavy atom. The zero-order valence-corrected chi connectivity index (χ0v) is 12.0. The lowest BCUT2D eigenvalue weighted by Crippen LogP contribution is -2.55. The quantitative estimate of drug-likeness (QED) is 0.542. The Kier molecular flexibility index (Phi) is 4.39. The van der Waals surface area contributed by atoms with Crippen LogP contribution in [0.25, 0.3) is 0 Å². The fourth-order valence-corrected chi connectivity index (χ4v) is 4.36. The third kappa shape index (κ3) is 2.65. The molecule has 0 spiro atoms. The lowest BCUT2D eigenvalue weighted by molar-refractivity contribution is -0.165. The molecule has 0 aromatic carbocycles. The summed E-state index contributed by atoms with van der Waals surface area (Å²) >= 11 is 0. The Balaban J connectivity index is 2.48. The molecule has 0 saturated heterocycles. The SMILES string of the molecule is NC(=O)C1CCC(C(N)=O)C2C(C(=O)O)CCC(C(=O)O)C12. The third-order valence-corrected chi connectivity index (χ3v) is 5.25. The van der Waals surface area contributed by atoms with Gasteiger partial charge in [0.15, 0.2) is 0 Å². The van der Waals surface area contributed by atoms with Crippen LogP contribution in [0, 0.1) is 35.5 Å². The number of nitrogens with two attached hydrogens (primary N) is 2. The van der Waals surface area contributed by atoms with E-state index in [-0.39, 0.29) is 25.7 Å². The van der Waals surface area contributed by atoms with Crippen LogP contribution in [0.15, 0.2) is 0 Å². The molecule has 0 bridgehead atoms. The molecule has 2 saturated carbocycles. The minimum atomic E-state index is -1.09. The van der Waals surface area contributed by atoms with Crippen molar-refractivity contribution < 1.29 is 29.4 Å². The van der Waals surface area contributed by atoms with E-state index in [1.54, 1.807) is 0 Å². The summed E-state index contributed by atoms with van der Waals surface area (Å²) in [4.78, 5) is 46.4. The van der Waals surface area contributed by atoms with E-state index < -0.39 is 59.3 Å². The molecule has 0 aromatic heterocycles. The molecule has 0 aliphatic heterocycles. The number of aliphatic carboxylic acids is 2. The van der Waals surface area contributed by atoms with Crippen LogP contribution in [0.5, 0.6) is 0 Å². The Labute approximate surface area is 126 Å². The van der Waals surface area contributed by atoms with Crippen LogP contribution in [0.3, 0.4) is 0 Å². The van der Waals surface area contributed by atoms with Crippen LogP contribution < -0.4 is 11.5 Å². The zero-order valence-electron chi connectivity index (χ0n) is 12.0. The number of carboxylic acid groups (broad SMARTS) is 2. The molecule has 2 aliphatic carbocycles. The van der Waals surface area contributed by atoms with E-state index in [0.29, 0.717) is 0 Å². The van der Waals surface area contributed by atoms with Crippen molar-refractivity contribution in [2.45, 2.75) is 25.7 Å². The van der Waals surface area contributed by atoms with Gasteiger partial charge in [-0.2, -0.15) is 0 Å². The summed E-state index contributed by atoms with van der Waals surface area (Å²) in [7, 11) is 0. The van der Waals surface area contributed by atoms with Crippen molar-refractivity contribution in [3.63, 3.8) is 0 Å². The smallest absolute Gasteiger partial charge is 0.306 e. The Bertz CT molecular complexity index is 429. The number of hydrogen-bond donors (Lipinski definition) is 4. The second kappa shape index (κ2) is 5.94. The predicted molar refractivity (Wildman–Crippen MR) is 73.1 cm³/mol. The van der Waals surface area contributed by atoms with Crippen molar-refractivity contribution in [1.82, 2.24) is 0 Å². The molecule has 6 atom stereocenters. The lowest BCUT2D eigenvalue weighted by atomic mass is 9.53. The molecule has 22 heavy (non-hydrogen) atoms. The summed E-state index contributed by atoms with van der Waals surface area (Å²) in [6.07, 6.45) is 0.839. The molecule has 0 radical (unpaired) electrons. The van der Waals surface area contributed by atoms with Crippen LogP contribution in [0.4, 0.5) is 0 Å². The number of fused-ring (bicyclic) bond motifs is 1. The number of hydrogen-bond acceptors (Lipinski definition) is 4. The maximum absolute atomic E-state index is 11.7. The fourth-order valence-electron chi connectivity index (χ4n) is 4.36. The van der Waals surface area contributed by atoms with Gasteiger partial charge in [0.1, 0.15) is 0 Å². The first-order valence-electron chi connectivity index (χ1n) is 7.30. The molecule has 6 unspecified atom stereocenters. The van der Waals surface area contributed by atoms with Crippen molar-refractivity contribution in [3.05, 3.63) is 0 Å². The summed E-state index contributed by atoms with van der Waals surface area (Å²) in [6, 6.07) is 0. The first kappa shape index (κ1) is 16.3. The van der Waals surface area contributed by atoms with Gasteiger partial charge in [0.25, 0.3) is 0 Å². The van der Waals surface area contributed by atoms with E-state index in [4.69, 9.17) is 11.5 Å². The normalized spacial score (nSPS) is 37.8. The minimum Gasteiger partial charge on any atom is -0.481 e. The average molecular weight is 312 g/mol. The highest BCUT2D eigenvalue weighted by molar-refractivity contribution is 5.83. The lowest BCUT2D eigenvalue weighted by Gasteiger charge is -2.49. The van der Waals surface area contributed by atoms with E-state index in [1.807, 2.05) is 0 Å². The van der Waals surface area contributed by atoms with Crippen LogP contribution in [0.2, 0.25) is 0 Å². The molecule has 2 amide bonds. The van der Waals surface area contributed by atoms with E-state index >= 15 is 0 Å². The van der Waals surface area contributed by atoms with Gasteiger partial charge in [-0.25, -0.2) is 0 Å². The average Bonchev–Trinajstić information content (AvgIpc) is 2.43. The second-order valence-corrected chi connectivity index (χ2v) is 6.22. The Morgan fingerprint density at radius 3 is 1.14 bits per heavy atom. The fraction of sp³-hybridized carbons (Fsp3) is 0.714. The molecule has 0 aromatic rings. The molecule has 0 heterocycles. The zero-order chi connectivity index (χ0) is 16.6. The van der Waals surface area contributed by atoms with Gasteiger partial charge in [-0.05, 0) is 37.5 Å². The van der Waals surface area contributed by atoms with Gasteiger partial charge in [-0.1, -0.05) is 0 Å². The maximum atomic E-state index is 11.7. The molecule has 122 valence electrons. The van der Waals surface area contributed by atoms with Gasteiger partial charge in [-0.3, -0.25) is 19.2 Å². The number of carbonyl (C=O) groups excluding carboxylic acids is 2. The summed E-state index contributed by atoms with van der Waals surface area (Å²) in [5.74, 6) is -8.18. The van der Waals surface area contributed by atoms with E-state index in [1.165, 1.54) is 0 Å². The molecular weight excluding hydrogens is 292 g/mol. The first-order valence-corrected chi connectivity index (χ1v) is 7.30. The Hall–Kier alpha value is -2.12. The number of carbonyl (C=O) groups is 4. The van der Waals surface area contributed by atoms with Crippen LogP contribution in [-0.4, -0.2) is 34.0 Å². The molecular formula is C14H20N2O6. The van der Waals surface area contributed by atoms with E-state index in [9.17, 15) is 29.4 Å². The number of amides is 2. The molecule has 8 heteroatoms. The Morgan fingerprint density at radius 2 is 0.909 bits per heavy atom. The summed E-state index contributed by atoms with van der Waals surface area (Å²) in [5, 5.41) is 18.8. The van der Waals surface area contributed by atoms with Crippen LogP contribution >= 0.6 is 0 Å². The van der Waals surface area contributed by atoms with E-state index in [2.05, 4.69) is 0 Å². The largest absolute Gasteiger partial charge is 0.481 e. The topological polar surface area (TPSA) is 161 Å². The number of carboxylic acids is 2. The van der Waals surface area contributed by atoms with Gasteiger partial charge in [0.05, 0.1) is 11.8 Å². The van der Waals surface area contributed by atoms with Gasteiger partial charge in [0.2, 0.25) is 11.8 Å². The van der Waals surface area contributed by atoms with Crippen molar-refractivity contribution in [2.75, 3.05) is 0 Å². The molecule has 2 fully saturated rings. The van der Waals surface area contributed by atoms with Crippen molar-refractivity contribution >= 4 is 23.8 Å². The van der Waals surface area contributed by atoms with Gasteiger partial charge < -0.3 is 21.7 Å². The number of primary amides is 2. The number of rotatable bonds is 4. The standard InChI is InChI=1S/C14H20N2O6/c15-11(17)5-1-2-6(12(16)18)10-8(14(21)22)4-3-7(9(5)10)13(19)20/h5-10H,1-4H2,(H2,15,17)(H2,16,18)(H,19,20)(H,21,22). The van der Waals surface area contributed by atoms with Gasteiger partial charge >= 0.3 is 11.9 Å². The molecule has 2 aliphatic rings. The minimum absolute atomic E-state index is 0.155. The van der Waals surface area contributed by atoms with Gasteiger partial charge in [-0.15, -0.1) is 0 Å². The van der Waals surface area contributed by atoms with Crippen molar-refractivity contribution in [3.8, 4) is 0 Å². The highest BCUT2D eigenvalue weighted by Crippen LogP contribution is 2.52. The summed E-state index contributed by atoms with van der Waals surface area (Å²) in [5.41, 5.74) is 10.8. The highest BCUT2D eigenvalue weighted by Gasteiger charge is 2.55. The second-order valence-electron chi connectivity index (χ2n) is 6.22. The van der Waals surface area contributed by atoms with Crippen LogP contribution in [0.1, 0.15) is 25.7 Å². The monoisotopic (exact) mass is 312 g/mol. The maximum Gasteiger partial charge on any atom is 0.306 e. The molecule has 2 rings (SSSR count). The van der Waals surface area contributed by atoms with Crippen LogP contribution in [-0.2, 0) is 19.2 Å². The molecule has 6 N–H and O–H groups in total. The van der Waals surface area contributed by atoms with Crippen molar-refractivity contribution in [2.24, 2.45) is 47.0 Å². The predicted octanol–water partition coefficient (Wildman–Crippen LogP) is -0.589. The summed E-state index contributed by atoms with van der Waals surface area (Å²) in [6.45, 7) is 0. The van der Waals surface area contributed by atoms with Gasteiger partial charge in [0, 0.05) is 11.8 Å². The highest BCUT2D eigenvalue weighted by atomic mass is 16.4. The first-order chi connectivity index (χ1) is 10.3. The van der Waals surface area contributed by atoms with Crippen molar-refractivity contribution in [1.29, 1.82) is 0 Å². The van der Waals surface area contributed by atoms with E-state index in [0.717, 1.165) is 0 Å². The summed E-state index contributed by atoms with van der Waals surface area (Å²) < 4.78 is 0. The molecule has 8 nitrogen and oxygen atoms in total.